The number of nitrogens with two attached hydrogens (primary N) is 1. The Morgan fingerprint density at radius 1 is 1.80 bits per heavy atom. The van der Waals surface area contributed by atoms with Gasteiger partial charge in [0.2, 0.25) is 5.91 Å². The Hall–Kier alpha value is -0.610. The van der Waals surface area contributed by atoms with Crippen LogP contribution in [0.4, 0.5) is 0 Å². The van der Waals surface area contributed by atoms with Crippen molar-refractivity contribution in [2.75, 3.05) is 6.61 Å². The highest BCUT2D eigenvalue weighted by Crippen LogP contribution is 1.84. The van der Waals surface area contributed by atoms with E-state index in [1.807, 2.05) is 0 Å². The van der Waals surface area contributed by atoms with Crippen LogP contribution in [-0.4, -0.2) is 18.6 Å². The maximum Gasteiger partial charge on any atom is 0.245 e. The van der Waals surface area contributed by atoms with Gasteiger partial charge in [0, 0.05) is 12.5 Å². The van der Waals surface area contributed by atoms with Crippen molar-refractivity contribution in [1.82, 2.24) is 5.48 Å². The highest BCUT2D eigenvalue weighted by Gasteiger charge is 2.02. The zero-order valence-corrected chi connectivity index (χ0v) is 6.39. The van der Waals surface area contributed by atoms with Gasteiger partial charge in [-0.3, -0.25) is 9.63 Å². The first kappa shape index (κ1) is 9.39. The van der Waals surface area contributed by atoms with E-state index < -0.39 is 0 Å². The molecule has 1 atom stereocenters. The van der Waals surface area contributed by atoms with Gasteiger partial charge in [-0.2, -0.15) is 0 Å². The van der Waals surface area contributed by atoms with Crippen LogP contribution < -0.4 is 11.2 Å². The molecule has 0 bridgehead atoms. The first-order valence-electron chi connectivity index (χ1n) is 3.33. The zero-order chi connectivity index (χ0) is 7.98. The van der Waals surface area contributed by atoms with Crippen molar-refractivity contribution in [3.05, 3.63) is 0 Å². The lowest BCUT2D eigenvalue weighted by molar-refractivity contribution is -0.133. The van der Waals surface area contributed by atoms with Crippen LogP contribution in [0.2, 0.25) is 0 Å². The van der Waals surface area contributed by atoms with Crippen molar-refractivity contribution in [2.24, 2.45) is 5.73 Å². The second-order valence-electron chi connectivity index (χ2n) is 2.14. The van der Waals surface area contributed by atoms with E-state index in [9.17, 15) is 4.79 Å². The van der Waals surface area contributed by atoms with E-state index in [0.717, 1.165) is 0 Å². The summed E-state index contributed by atoms with van der Waals surface area (Å²) >= 11 is 0. The second kappa shape index (κ2) is 5.20. The third-order valence-electron chi connectivity index (χ3n) is 0.838. The van der Waals surface area contributed by atoms with Gasteiger partial charge in [-0.05, 0) is 13.8 Å². The predicted molar refractivity (Wildman–Crippen MR) is 38.0 cm³/mol. The number of carbonyl (C=O) groups excluding carboxylic acids is 1. The molecule has 10 heavy (non-hydrogen) atoms. The van der Waals surface area contributed by atoms with Crippen molar-refractivity contribution in [3.8, 4) is 0 Å². The van der Waals surface area contributed by atoms with Crippen LogP contribution in [0.5, 0.6) is 0 Å². The van der Waals surface area contributed by atoms with Crippen LogP contribution in [-0.2, 0) is 9.63 Å². The van der Waals surface area contributed by atoms with Crippen LogP contribution in [0.25, 0.3) is 0 Å². The van der Waals surface area contributed by atoms with Crippen molar-refractivity contribution in [1.29, 1.82) is 0 Å². The summed E-state index contributed by atoms with van der Waals surface area (Å²) in [5.74, 6) is -0.170. The lowest BCUT2D eigenvalue weighted by atomic mass is 10.2. The molecule has 0 saturated carbocycles. The van der Waals surface area contributed by atoms with E-state index in [-0.39, 0.29) is 11.9 Å². The molecule has 4 heteroatoms. The third-order valence-corrected chi connectivity index (χ3v) is 0.838. The molecule has 0 aromatic carbocycles. The Morgan fingerprint density at radius 2 is 2.40 bits per heavy atom. The molecule has 4 nitrogen and oxygen atoms in total. The largest absolute Gasteiger partial charge is 0.327 e. The molecule has 0 saturated heterocycles. The summed E-state index contributed by atoms with van der Waals surface area (Å²) in [5, 5.41) is 0. The lowest BCUT2D eigenvalue weighted by Crippen LogP contribution is -2.29. The fourth-order valence-corrected chi connectivity index (χ4v) is 0.487. The Kier molecular flexibility index (Phi) is 4.88. The highest BCUT2D eigenvalue weighted by molar-refractivity contribution is 5.75. The summed E-state index contributed by atoms with van der Waals surface area (Å²) in [5.41, 5.74) is 7.59. The molecule has 1 amide bonds. The first-order chi connectivity index (χ1) is 4.66. The Bertz CT molecular complexity index is 104. The lowest BCUT2D eigenvalue weighted by Gasteiger charge is -2.04. The van der Waals surface area contributed by atoms with Gasteiger partial charge in [0.25, 0.3) is 0 Å². The number of carbonyl (C=O) groups is 1. The minimum atomic E-state index is -0.170. The second-order valence-corrected chi connectivity index (χ2v) is 2.14. The van der Waals surface area contributed by atoms with E-state index in [1.54, 1.807) is 13.8 Å². The van der Waals surface area contributed by atoms with Gasteiger partial charge in [0.05, 0.1) is 6.61 Å². The van der Waals surface area contributed by atoms with Gasteiger partial charge in [-0.25, -0.2) is 5.48 Å². The molecule has 0 aliphatic heterocycles. The maximum absolute atomic E-state index is 10.7. The number of hydrogen-bond donors (Lipinski definition) is 2. The molecule has 60 valence electrons. The summed E-state index contributed by atoms with van der Waals surface area (Å²) in [6.45, 7) is 4.04. The summed E-state index contributed by atoms with van der Waals surface area (Å²) in [6.07, 6.45) is 0.306. The quantitative estimate of drug-likeness (QED) is 0.539. The zero-order valence-electron chi connectivity index (χ0n) is 6.39. The topological polar surface area (TPSA) is 64.3 Å². The molecule has 0 fully saturated rings. The van der Waals surface area contributed by atoms with Crippen LogP contribution >= 0.6 is 0 Å². The standard InChI is InChI=1S/C6H14N2O2/c1-3-10-8-6(9)4-5(2)7/h5H,3-4,7H2,1-2H3,(H,8,9). The number of hydroxylamine groups is 1. The Balaban J connectivity index is 3.26. The van der Waals surface area contributed by atoms with Gasteiger partial charge in [0.15, 0.2) is 0 Å². The van der Waals surface area contributed by atoms with Gasteiger partial charge in [0.1, 0.15) is 0 Å². The molecule has 0 aliphatic rings. The molecule has 0 spiro atoms. The van der Waals surface area contributed by atoms with E-state index in [2.05, 4.69) is 10.3 Å². The molecular formula is C6H14N2O2. The van der Waals surface area contributed by atoms with Crippen LogP contribution in [0.1, 0.15) is 20.3 Å². The smallest absolute Gasteiger partial charge is 0.245 e. The summed E-state index contributed by atoms with van der Waals surface area (Å²) in [4.78, 5) is 15.3. The molecule has 0 rings (SSSR count). The molecule has 0 aliphatic carbocycles. The monoisotopic (exact) mass is 146 g/mol. The van der Waals surface area contributed by atoms with Gasteiger partial charge >= 0.3 is 0 Å². The average Bonchev–Trinajstić information content (AvgIpc) is 1.82. The fourth-order valence-electron chi connectivity index (χ4n) is 0.487. The van der Waals surface area contributed by atoms with Gasteiger partial charge < -0.3 is 5.73 Å². The van der Waals surface area contributed by atoms with Crippen LogP contribution in [0.15, 0.2) is 0 Å². The van der Waals surface area contributed by atoms with Crippen molar-refractivity contribution in [3.63, 3.8) is 0 Å². The molecule has 3 N–H and O–H groups in total. The average molecular weight is 146 g/mol. The number of nitrogens with one attached hydrogen (secondary N) is 1. The summed E-state index contributed by atoms with van der Waals surface area (Å²) in [7, 11) is 0. The van der Waals surface area contributed by atoms with E-state index in [4.69, 9.17) is 5.73 Å². The number of rotatable bonds is 4. The molecule has 0 aromatic rings. The molecule has 0 radical (unpaired) electrons. The summed E-state index contributed by atoms with van der Waals surface area (Å²) in [6, 6.07) is -0.111. The minimum Gasteiger partial charge on any atom is -0.327 e. The molecule has 0 aromatic heterocycles. The van der Waals surface area contributed by atoms with E-state index in [1.165, 1.54) is 0 Å². The molecule has 0 heterocycles. The fraction of sp³-hybridized carbons (Fsp3) is 0.833. The van der Waals surface area contributed by atoms with E-state index >= 15 is 0 Å². The number of amides is 1. The minimum absolute atomic E-state index is 0.111. The van der Waals surface area contributed by atoms with Crippen LogP contribution in [0, 0.1) is 0 Å². The van der Waals surface area contributed by atoms with Crippen molar-refractivity contribution >= 4 is 5.91 Å². The number of hydrogen-bond acceptors (Lipinski definition) is 3. The van der Waals surface area contributed by atoms with Gasteiger partial charge in [-0.1, -0.05) is 0 Å². The van der Waals surface area contributed by atoms with Crippen LogP contribution in [0.3, 0.4) is 0 Å². The highest BCUT2D eigenvalue weighted by atomic mass is 16.6. The molecular weight excluding hydrogens is 132 g/mol. The third kappa shape index (κ3) is 5.53. The van der Waals surface area contributed by atoms with Crippen molar-refractivity contribution < 1.29 is 9.63 Å². The molecule has 1 unspecified atom stereocenters. The Morgan fingerprint density at radius 3 is 2.80 bits per heavy atom. The first-order valence-corrected chi connectivity index (χ1v) is 3.33. The summed E-state index contributed by atoms with van der Waals surface area (Å²) < 4.78 is 0. The maximum atomic E-state index is 10.7. The normalized spacial score (nSPS) is 12.7. The van der Waals surface area contributed by atoms with Crippen molar-refractivity contribution in [2.45, 2.75) is 26.3 Å². The predicted octanol–water partition coefficient (Wildman–Crippen LogP) is -0.209. The Labute approximate surface area is 60.7 Å². The van der Waals surface area contributed by atoms with E-state index in [0.29, 0.717) is 13.0 Å². The van der Waals surface area contributed by atoms with Gasteiger partial charge in [-0.15, -0.1) is 0 Å². The SMILES string of the molecule is CCONC(=O)CC(C)N.